The highest BCUT2D eigenvalue weighted by Crippen LogP contribution is 2.46. The van der Waals surface area contributed by atoms with E-state index >= 15 is 0 Å². The maximum Gasteiger partial charge on any atom is 0.253 e. The number of carbonyl (C=O) groups is 3. The number of fused-ring (bicyclic) bond motifs is 3. The molecule has 0 fully saturated rings. The number of nitrogens with zero attached hydrogens (tertiary/aromatic N) is 4. The molecule has 0 unspecified atom stereocenters. The Hall–Kier alpha value is -4.98. The Bertz CT molecular complexity index is 1940. The lowest BCUT2D eigenvalue weighted by Gasteiger charge is -2.25. The van der Waals surface area contributed by atoms with Crippen LogP contribution in [0, 0.1) is 6.92 Å². The monoisotopic (exact) mass is 665 g/mol. The molecule has 0 saturated carbocycles. The van der Waals surface area contributed by atoms with Crippen LogP contribution in [0.4, 0.5) is 5.82 Å². The normalized spacial score (nSPS) is 22.9. The fourth-order valence-electron chi connectivity index (χ4n) is 6.82. The number of pyridine rings is 2. The van der Waals surface area contributed by atoms with Crippen LogP contribution in [-0.2, 0) is 48.5 Å². The van der Waals surface area contributed by atoms with Crippen LogP contribution in [0.3, 0.4) is 0 Å². The van der Waals surface area contributed by atoms with Gasteiger partial charge in [-0.3, -0.25) is 24.5 Å². The Kier molecular flexibility index (Phi) is 9.21. The number of hydrogen-bond donors (Lipinski definition) is 3. The van der Waals surface area contributed by atoms with Crippen LogP contribution in [0.5, 0.6) is 0 Å². The van der Waals surface area contributed by atoms with Crippen LogP contribution >= 0.6 is 0 Å². The van der Waals surface area contributed by atoms with E-state index in [1.807, 2.05) is 37.3 Å². The number of aromatic nitrogens is 4. The molecule has 3 aromatic heterocycles. The predicted molar refractivity (Wildman–Crippen MR) is 181 cm³/mol. The van der Waals surface area contributed by atoms with Gasteiger partial charge in [0.2, 0.25) is 11.8 Å². The molecular weight excluding hydrogens is 626 g/mol. The fraction of sp³-hybridized carbons (Fsp3) is 0.389. The maximum absolute atomic E-state index is 13.9. The van der Waals surface area contributed by atoms with E-state index in [1.54, 1.807) is 30.4 Å². The molecule has 3 aliphatic rings. The standard InChI is InChI=1S/C36H39N7O6/c1-22-24(5-6-25-21-39-42-31(22)25)16-29-34(45)43(2)7-9-48-11-13-49-12-10-47-8-3-4-23-14-28-32(38-19-23)41-35(46)36(28)17-26-15-27(33(44)40-29)20-37-30(26)18-36/h3-6,14-15,19-21,29H,7-13,16-18H2,1-2H3,(H,39,42)(H,40,44)(H,38,41,46)/b4-3+/t29-,36+/m1/s1. The van der Waals surface area contributed by atoms with Gasteiger partial charge in [0.15, 0.2) is 0 Å². The minimum Gasteiger partial charge on any atom is -0.377 e. The molecule has 13 nitrogen and oxygen atoms in total. The quantitative estimate of drug-likeness (QED) is 0.292. The first-order valence-electron chi connectivity index (χ1n) is 16.5. The first-order chi connectivity index (χ1) is 23.8. The van der Waals surface area contributed by atoms with Crippen LogP contribution in [0.1, 0.15) is 43.9 Å². The Morgan fingerprint density at radius 2 is 1.78 bits per heavy atom. The number of anilines is 1. The summed E-state index contributed by atoms with van der Waals surface area (Å²) in [6.45, 7) is 4.65. The topological polar surface area (TPSA) is 161 Å². The third-order valence-corrected chi connectivity index (χ3v) is 9.61. The molecule has 2 aliphatic heterocycles. The summed E-state index contributed by atoms with van der Waals surface area (Å²) in [5.74, 6) is -0.265. The van der Waals surface area contributed by atoms with Gasteiger partial charge in [0.1, 0.15) is 11.9 Å². The number of rotatable bonds is 2. The highest BCUT2D eigenvalue weighted by Gasteiger charge is 2.52. The van der Waals surface area contributed by atoms with E-state index in [1.165, 1.54) is 6.20 Å². The van der Waals surface area contributed by atoms with E-state index < -0.39 is 17.4 Å². The molecule has 3 amide bonds. The molecule has 0 saturated heterocycles. The summed E-state index contributed by atoms with van der Waals surface area (Å²) < 4.78 is 17.0. The Morgan fingerprint density at radius 1 is 0.959 bits per heavy atom. The van der Waals surface area contributed by atoms with Crippen LogP contribution in [0.2, 0.25) is 0 Å². The number of ether oxygens (including phenoxy) is 3. The minimum atomic E-state index is -0.872. The summed E-state index contributed by atoms with van der Waals surface area (Å²) in [6, 6.07) is 6.82. The summed E-state index contributed by atoms with van der Waals surface area (Å²) in [5.41, 5.74) is 5.44. The highest BCUT2D eigenvalue weighted by molar-refractivity contribution is 6.06. The highest BCUT2D eigenvalue weighted by atomic mass is 16.5. The maximum atomic E-state index is 13.9. The molecule has 7 rings (SSSR count). The number of aryl methyl sites for hydroxylation is 1. The second-order valence-corrected chi connectivity index (χ2v) is 12.8. The van der Waals surface area contributed by atoms with Gasteiger partial charge in [-0.15, -0.1) is 0 Å². The summed E-state index contributed by atoms with van der Waals surface area (Å²) in [4.78, 5) is 51.9. The number of benzene rings is 1. The molecule has 1 spiro atoms. The lowest BCUT2D eigenvalue weighted by atomic mass is 9.79. The number of amides is 3. The average molecular weight is 666 g/mol. The smallest absolute Gasteiger partial charge is 0.253 e. The number of likely N-dealkylation sites (N-methyl/N-ethyl adjacent to an activating group) is 1. The number of aromatic amines is 1. The molecule has 49 heavy (non-hydrogen) atoms. The van der Waals surface area contributed by atoms with Gasteiger partial charge in [0.25, 0.3) is 5.91 Å². The van der Waals surface area contributed by atoms with Gasteiger partial charge in [0.05, 0.1) is 62.3 Å². The van der Waals surface area contributed by atoms with Crippen LogP contribution in [0.25, 0.3) is 17.0 Å². The molecule has 1 aromatic carbocycles. The van der Waals surface area contributed by atoms with E-state index in [4.69, 9.17) is 14.2 Å². The van der Waals surface area contributed by atoms with Crippen molar-refractivity contribution in [1.82, 2.24) is 30.4 Å². The van der Waals surface area contributed by atoms with Crippen LogP contribution in [0.15, 0.2) is 48.9 Å². The average Bonchev–Trinajstić information content (AvgIpc) is 3.81. The molecule has 2 atom stereocenters. The molecule has 0 radical (unpaired) electrons. The molecule has 254 valence electrons. The second kappa shape index (κ2) is 13.9. The van der Waals surface area contributed by atoms with Gasteiger partial charge >= 0.3 is 0 Å². The minimum absolute atomic E-state index is 0.136. The fourth-order valence-corrected chi connectivity index (χ4v) is 6.82. The van der Waals surface area contributed by atoms with Gasteiger partial charge < -0.3 is 29.7 Å². The summed E-state index contributed by atoms with van der Waals surface area (Å²) in [5, 5.41) is 14.1. The van der Waals surface area contributed by atoms with Crippen molar-refractivity contribution >= 4 is 40.5 Å². The third kappa shape index (κ3) is 6.56. The van der Waals surface area contributed by atoms with Gasteiger partial charge in [0, 0.05) is 55.5 Å². The molecule has 1 aliphatic carbocycles. The van der Waals surface area contributed by atoms with Crippen molar-refractivity contribution in [3.05, 3.63) is 88.0 Å². The van der Waals surface area contributed by atoms with Crippen molar-refractivity contribution in [2.24, 2.45) is 0 Å². The summed E-state index contributed by atoms with van der Waals surface area (Å²) in [7, 11) is 1.70. The van der Waals surface area contributed by atoms with Gasteiger partial charge in [-0.25, -0.2) is 4.98 Å². The first-order valence-corrected chi connectivity index (χ1v) is 16.5. The molecular formula is C36H39N7O6. The SMILES string of the molecule is Cc1c(C[C@H]2NC(=O)c3cnc4c(c3)C[C@@]3(C4)C(=O)Nc4ncc(cc43)/C=C/COCCOCCOCCN(C)C2=O)ccc2cn[nH]c12. The summed E-state index contributed by atoms with van der Waals surface area (Å²) in [6.07, 6.45) is 9.86. The van der Waals surface area contributed by atoms with Crippen molar-refractivity contribution < 1.29 is 28.6 Å². The Balaban J connectivity index is 1.17. The Morgan fingerprint density at radius 3 is 2.63 bits per heavy atom. The number of hydrogen-bond acceptors (Lipinski definition) is 9. The number of nitrogens with one attached hydrogen (secondary N) is 3. The zero-order chi connectivity index (χ0) is 34.0. The second-order valence-electron chi connectivity index (χ2n) is 12.8. The van der Waals surface area contributed by atoms with Crippen molar-refractivity contribution in [2.45, 2.75) is 37.6 Å². The molecule has 5 heterocycles. The first kappa shape index (κ1) is 32.6. The largest absolute Gasteiger partial charge is 0.377 e. The van der Waals surface area contributed by atoms with E-state index in [2.05, 4.69) is 30.8 Å². The predicted octanol–water partition coefficient (Wildman–Crippen LogP) is 2.53. The Labute approximate surface area is 283 Å². The van der Waals surface area contributed by atoms with Crippen molar-refractivity contribution in [3.63, 3.8) is 0 Å². The van der Waals surface area contributed by atoms with Gasteiger partial charge in [-0.05, 0) is 47.7 Å². The molecule has 13 heteroatoms. The summed E-state index contributed by atoms with van der Waals surface area (Å²) >= 11 is 0. The third-order valence-electron chi connectivity index (χ3n) is 9.61. The van der Waals surface area contributed by atoms with Crippen molar-refractivity contribution in [1.29, 1.82) is 0 Å². The molecule has 3 N–H and O–H groups in total. The van der Waals surface area contributed by atoms with E-state index in [0.29, 0.717) is 70.4 Å². The molecule has 5 bridgehead atoms. The lowest BCUT2D eigenvalue weighted by molar-refractivity contribution is -0.132. The van der Waals surface area contributed by atoms with E-state index in [-0.39, 0.29) is 18.2 Å². The van der Waals surface area contributed by atoms with Crippen molar-refractivity contribution in [3.8, 4) is 0 Å². The van der Waals surface area contributed by atoms with Gasteiger partial charge in [-0.2, -0.15) is 5.10 Å². The number of carbonyl (C=O) groups excluding carboxylic acids is 3. The zero-order valence-electron chi connectivity index (χ0n) is 27.6. The van der Waals surface area contributed by atoms with Crippen molar-refractivity contribution in [2.75, 3.05) is 58.6 Å². The van der Waals surface area contributed by atoms with Crippen LogP contribution in [-0.4, -0.2) is 102 Å². The molecule has 4 aromatic rings. The van der Waals surface area contributed by atoms with Gasteiger partial charge in [-0.1, -0.05) is 24.3 Å². The lowest BCUT2D eigenvalue weighted by Crippen LogP contribution is -2.49. The number of H-pyrrole nitrogens is 1. The van der Waals surface area contributed by atoms with E-state index in [0.717, 1.165) is 44.4 Å². The van der Waals surface area contributed by atoms with E-state index in [9.17, 15) is 14.4 Å². The zero-order valence-corrected chi connectivity index (χ0v) is 27.6. The van der Waals surface area contributed by atoms with Crippen LogP contribution < -0.4 is 10.6 Å².